The largest absolute Gasteiger partial charge is 0.324 e. The minimum absolute atomic E-state index is 0.260. The molecule has 21 heavy (non-hydrogen) atoms. The van der Waals surface area contributed by atoms with E-state index in [1.54, 1.807) is 6.07 Å². The van der Waals surface area contributed by atoms with E-state index < -0.39 is 0 Å². The predicted octanol–water partition coefficient (Wildman–Crippen LogP) is 4.99. The van der Waals surface area contributed by atoms with Crippen molar-refractivity contribution in [2.24, 2.45) is 0 Å². The Morgan fingerprint density at radius 2 is 2.05 bits per heavy atom. The van der Waals surface area contributed by atoms with E-state index in [1.807, 2.05) is 24.3 Å². The third-order valence-electron chi connectivity index (χ3n) is 3.50. The second-order valence-corrected chi connectivity index (χ2v) is 5.32. The summed E-state index contributed by atoms with van der Waals surface area (Å²) < 4.78 is 15.6. The number of aryl methyl sites for hydroxylation is 1. The summed E-state index contributed by atoms with van der Waals surface area (Å²) in [6, 6.07) is 12.8. The average Bonchev–Trinajstić information content (AvgIpc) is 2.85. The molecule has 1 aromatic heterocycles. The lowest BCUT2D eigenvalue weighted by Crippen LogP contribution is -2.00. The highest BCUT2D eigenvalue weighted by molar-refractivity contribution is 6.17. The van der Waals surface area contributed by atoms with Crippen molar-refractivity contribution in [1.29, 1.82) is 0 Å². The average molecular weight is 303 g/mol. The Hall–Kier alpha value is -1.87. The highest BCUT2D eigenvalue weighted by Crippen LogP contribution is 2.26. The number of fused-ring (bicyclic) bond motifs is 1. The lowest BCUT2D eigenvalue weighted by molar-refractivity contribution is 0.629. The van der Waals surface area contributed by atoms with Crippen LogP contribution < -0.4 is 0 Å². The monoisotopic (exact) mass is 302 g/mol. The van der Waals surface area contributed by atoms with Gasteiger partial charge in [0, 0.05) is 24.1 Å². The van der Waals surface area contributed by atoms with Gasteiger partial charge in [0.1, 0.15) is 11.6 Å². The van der Waals surface area contributed by atoms with Crippen LogP contribution in [0.25, 0.3) is 22.4 Å². The molecule has 2 aromatic carbocycles. The van der Waals surface area contributed by atoms with Crippen molar-refractivity contribution in [1.82, 2.24) is 9.55 Å². The quantitative estimate of drug-likeness (QED) is 0.621. The van der Waals surface area contributed by atoms with Gasteiger partial charge in [-0.25, -0.2) is 9.37 Å². The molecule has 108 valence electrons. The van der Waals surface area contributed by atoms with E-state index in [4.69, 9.17) is 11.6 Å². The number of nitrogens with zero attached hydrogens (tertiary/aromatic N) is 2. The molecule has 0 amide bonds. The molecule has 3 rings (SSSR count). The molecule has 0 radical (unpaired) electrons. The van der Waals surface area contributed by atoms with E-state index in [0.717, 1.165) is 35.4 Å². The molecule has 0 unspecified atom stereocenters. The molecule has 4 heteroatoms. The third kappa shape index (κ3) is 2.66. The zero-order valence-corrected chi connectivity index (χ0v) is 12.6. The van der Waals surface area contributed by atoms with E-state index in [-0.39, 0.29) is 5.82 Å². The molecule has 0 saturated carbocycles. The van der Waals surface area contributed by atoms with E-state index in [0.29, 0.717) is 11.4 Å². The number of halogens is 2. The first kappa shape index (κ1) is 14.1. The molecule has 0 aliphatic carbocycles. The fraction of sp³-hybridized carbons (Fsp3) is 0.235. The van der Waals surface area contributed by atoms with Crippen LogP contribution in [-0.4, -0.2) is 9.55 Å². The molecule has 1 heterocycles. The Morgan fingerprint density at radius 1 is 1.19 bits per heavy atom. The zero-order valence-electron chi connectivity index (χ0n) is 11.8. The van der Waals surface area contributed by atoms with Crippen LogP contribution in [-0.2, 0) is 12.4 Å². The van der Waals surface area contributed by atoms with Gasteiger partial charge >= 0.3 is 0 Å². The summed E-state index contributed by atoms with van der Waals surface area (Å²) in [5, 5.41) is 0. The predicted molar refractivity (Wildman–Crippen MR) is 85.0 cm³/mol. The van der Waals surface area contributed by atoms with Gasteiger partial charge in [0.25, 0.3) is 0 Å². The maximum Gasteiger partial charge on any atom is 0.141 e. The Morgan fingerprint density at radius 3 is 2.81 bits per heavy atom. The lowest BCUT2D eigenvalue weighted by Gasteiger charge is -2.08. The van der Waals surface area contributed by atoms with Crippen LogP contribution in [0.15, 0.2) is 42.5 Å². The normalized spacial score (nSPS) is 11.2. The first-order valence-electron chi connectivity index (χ1n) is 7.04. The van der Waals surface area contributed by atoms with Crippen molar-refractivity contribution in [3.63, 3.8) is 0 Å². The molecule has 0 saturated heterocycles. The molecule has 0 N–H and O–H groups in total. The molecular formula is C17H16ClFN2. The highest BCUT2D eigenvalue weighted by Gasteiger charge is 2.13. The minimum atomic E-state index is -0.260. The zero-order chi connectivity index (χ0) is 14.8. The van der Waals surface area contributed by atoms with Gasteiger partial charge < -0.3 is 4.57 Å². The van der Waals surface area contributed by atoms with Gasteiger partial charge in [-0.1, -0.05) is 25.1 Å². The van der Waals surface area contributed by atoms with Crippen LogP contribution in [0.5, 0.6) is 0 Å². The molecule has 0 aliphatic rings. The van der Waals surface area contributed by atoms with Crippen LogP contribution in [0.3, 0.4) is 0 Å². The molecule has 0 atom stereocenters. The van der Waals surface area contributed by atoms with Crippen LogP contribution in [0.2, 0.25) is 0 Å². The van der Waals surface area contributed by atoms with Gasteiger partial charge in [0.15, 0.2) is 0 Å². The maximum absolute atomic E-state index is 13.4. The number of alkyl halides is 1. The van der Waals surface area contributed by atoms with E-state index in [1.165, 1.54) is 12.1 Å². The van der Waals surface area contributed by atoms with Crippen molar-refractivity contribution >= 4 is 22.6 Å². The number of benzene rings is 2. The molecule has 0 fully saturated rings. The molecule has 3 aromatic rings. The standard InChI is InChI=1S/C17H16ClFN2/c1-2-8-21-16-7-6-14(19)10-15(16)20-17(21)13-5-3-4-12(9-13)11-18/h3-7,9-10H,2,8,11H2,1H3. The molecule has 0 bridgehead atoms. The number of aromatic nitrogens is 2. The number of hydrogen-bond acceptors (Lipinski definition) is 1. The maximum atomic E-state index is 13.4. The second-order valence-electron chi connectivity index (χ2n) is 5.05. The van der Waals surface area contributed by atoms with Gasteiger partial charge in [0.05, 0.1) is 11.0 Å². The first-order valence-corrected chi connectivity index (χ1v) is 7.57. The van der Waals surface area contributed by atoms with Crippen LogP contribution >= 0.6 is 11.6 Å². The van der Waals surface area contributed by atoms with Crippen molar-refractivity contribution < 1.29 is 4.39 Å². The summed E-state index contributed by atoms with van der Waals surface area (Å²) in [6.07, 6.45) is 0.991. The fourth-order valence-corrected chi connectivity index (χ4v) is 2.73. The van der Waals surface area contributed by atoms with E-state index in [2.05, 4.69) is 16.5 Å². The topological polar surface area (TPSA) is 17.8 Å². The summed E-state index contributed by atoms with van der Waals surface area (Å²) in [7, 11) is 0. The molecule has 2 nitrogen and oxygen atoms in total. The van der Waals surface area contributed by atoms with Crippen LogP contribution in [0, 0.1) is 5.82 Å². The highest BCUT2D eigenvalue weighted by atomic mass is 35.5. The van der Waals surface area contributed by atoms with Gasteiger partial charge in [-0.3, -0.25) is 0 Å². The van der Waals surface area contributed by atoms with Gasteiger partial charge in [-0.15, -0.1) is 11.6 Å². The summed E-state index contributed by atoms with van der Waals surface area (Å²) in [6.45, 7) is 2.97. The van der Waals surface area contributed by atoms with Gasteiger partial charge in [0.2, 0.25) is 0 Å². The van der Waals surface area contributed by atoms with Crippen molar-refractivity contribution in [3.05, 3.63) is 53.8 Å². The second kappa shape index (κ2) is 5.86. The van der Waals surface area contributed by atoms with Crippen molar-refractivity contribution in [2.45, 2.75) is 25.8 Å². The van der Waals surface area contributed by atoms with Gasteiger partial charge in [-0.05, 0) is 30.2 Å². The minimum Gasteiger partial charge on any atom is -0.324 e. The Kier molecular flexibility index (Phi) is 3.93. The van der Waals surface area contributed by atoms with Crippen molar-refractivity contribution in [2.75, 3.05) is 0 Å². The number of hydrogen-bond donors (Lipinski definition) is 0. The van der Waals surface area contributed by atoms with Crippen LogP contribution in [0.1, 0.15) is 18.9 Å². The van der Waals surface area contributed by atoms with Gasteiger partial charge in [-0.2, -0.15) is 0 Å². The number of imidazole rings is 1. The smallest absolute Gasteiger partial charge is 0.141 e. The van der Waals surface area contributed by atoms with Crippen LogP contribution in [0.4, 0.5) is 4.39 Å². The molecular weight excluding hydrogens is 287 g/mol. The summed E-state index contributed by atoms with van der Waals surface area (Å²) in [5.74, 6) is 1.07. The number of rotatable bonds is 4. The summed E-state index contributed by atoms with van der Waals surface area (Å²) >= 11 is 5.91. The Bertz CT molecular complexity index is 780. The molecule has 0 spiro atoms. The lowest BCUT2D eigenvalue weighted by atomic mass is 10.1. The fourth-order valence-electron chi connectivity index (χ4n) is 2.57. The van der Waals surface area contributed by atoms with E-state index >= 15 is 0 Å². The summed E-state index contributed by atoms with van der Waals surface area (Å²) in [5.41, 5.74) is 3.72. The Balaban J connectivity index is 2.22. The first-order chi connectivity index (χ1) is 10.2. The third-order valence-corrected chi connectivity index (χ3v) is 3.81. The molecule has 0 aliphatic heterocycles. The SMILES string of the molecule is CCCn1c(-c2cccc(CCl)c2)nc2cc(F)ccc21. The van der Waals surface area contributed by atoms with Crippen molar-refractivity contribution in [3.8, 4) is 11.4 Å². The Labute approximate surface area is 128 Å². The van der Waals surface area contributed by atoms with E-state index in [9.17, 15) is 4.39 Å². The summed E-state index contributed by atoms with van der Waals surface area (Å²) in [4.78, 5) is 4.62.